The standard InChI is InChI=1S/2C9H7NO6/c2*1-16-9(13)6-2-5(8(11)12)3-7(4-6)10(14)15/h2*2-4H,1H3,(H,11,12). The number of non-ortho nitro benzene ring substituents is 2. The maximum atomic E-state index is 11.1. The number of rotatable bonds is 6. The highest BCUT2D eigenvalue weighted by molar-refractivity contribution is 5.96. The number of ether oxygens (including phenoxy) is 2. The number of nitro groups is 2. The fraction of sp³-hybridized carbons (Fsp3) is 0.111. The van der Waals surface area contributed by atoms with Crippen molar-refractivity contribution in [3.05, 3.63) is 78.9 Å². The Morgan fingerprint density at radius 1 is 0.656 bits per heavy atom. The molecule has 0 heterocycles. The van der Waals surface area contributed by atoms with Crippen molar-refractivity contribution >= 4 is 35.3 Å². The van der Waals surface area contributed by atoms with E-state index in [-0.39, 0.29) is 22.3 Å². The van der Waals surface area contributed by atoms with Crippen molar-refractivity contribution in [2.45, 2.75) is 0 Å². The third-order valence-electron chi connectivity index (χ3n) is 3.59. The Kier molecular flexibility index (Phi) is 8.47. The van der Waals surface area contributed by atoms with Gasteiger partial charge in [0.15, 0.2) is 0 Å². The molecule has 0 aliphatic carbocycles. The number of esters is 2. The van der Waals surface area contributed by atoms with Crippen LogP contribution < -0.4 is 0 Å². The van der Waals surface area contributed by atoms with Crippen molar-refractivity contribution in [2.75, 3.05) is 14.2 Å². The van der Waals surface area contributed by atoms with E-state index in [1.54, 1.807) is 0 Å². The monoisotopic (exact) mass is 450 g/mol. The highest BCUT2D eigenvalue weighted by Gasteiger charge is 2.18. The van der Waals surface area contributed by atoms with Crippen LogP contribution in [0.15, 0.2) is 36.4 Å². The molecule has 0 bridgehead atoms. The van der Waals surface area contributed by atoms with E-state index < -0.39 is 45.1 Å². The second kappa shape index (κ2) is 10.8. The van der Waals surface area contributed by atoms with Crippen molar-refractivity contribution in [2.24, 2.45) is 0 Å². The van der Waals surface area contributed by atoms with Crippen molar-refractivity contribution in [1.82, 2.24) is 0 Å². The predicted octanol–water partition coefficient (Wildman–Crippen LogP) is 2.16. The molecule has 0 saturated heterocycles. The molecule has 32 heavy (non-hydrogen) atoms. The van der Waals surface area contributed by atoms with E-state index in [9.17, 15) is 39.4 Å². The minimum Gasteiger partial charge on any atom is -0.478 e. The molecule has 0 radical (unpaired) electrons. The molecule has 168 valence electrons. The number of hydrogen-bond acceptors (Lipinski definition) is 10. The number of carbonyl (C=O) groups excluding carboxylic acids is 2. The second-order valence-electron chi connectivity index (χ2n) is 5.64. The van der Waals surface area contributed by atoms with E-state index in [1.807, 2.05) is 0 Å². The van der Waals surface area contributed by atoms with Gasteiger partial charge in [-0.15, -0.1) is 0 Å². The number of nitro benzene ring substituents is 2. The third-order valence-corrected chi connectivity index (χ3v) is 3.59. The summed E-state index contributed by atoms with van der Waals surface area (Å²) in [6.07, 6.45) is 0. The first-order chi connectivity index (χ1) is 14.9. The summed E-state index contributed by atoms with van der Waals surface area (Å²) >= 11 is 0. The normalized spacial score (nSPS) is 9.56. The Labute approximate surface area is 177 Å². The van der Waals surface area contributed by atoms with Crippen molar-refractivity contribution < 1.29 is 48.7 Å². The fourth-order valence-corrected chi connectivity index (χ4v) is 2.15. The number of carbonyl (C=O) groups is 4. The topological polar surface area (TPSA) is 213 Å². The number of aromatic carboxylic acids is 2. The molecule has 2 N–H and O–H groups in total. The van der Waals surface area contributed by atoms with Crippen molar-refractivity contribution in [3.8, 4) is 0 Å². The first-order valence-corrected chi connectivity index (χ1v) is 8.13. The summed E-state index contributed by atoms with van der Waals surface area (Å²) in [7, 11) is 2.20. The second-order valence-corrected chi connectivity index (χ2v) is 5.64. The lowest BCUT2D eigenvalue weighted by molar-refractivity contribution is -0.385. The van der Waals surface area contributed by atoms with Crippen LogP contribution in [0, 0.1) is 20.2 Å². The maximum Gasteiger partial charge on any atom is 0.338 e. The van der Waals surface area contributed by atoms with Gasteiger partial charge in [-0.2, -0.15) is 0 Å². The number of nitrogens with zero attached hydrogens (tertiary/aromatic N) is 2. The first kappa shape index (κ1) is 25.2. The molecule has 0 atom stereocenters. The van der Waals surface area contributed by atoms with Crippen molar-refractivity contribution in [3.63, 3.8) is 0 Å². The van der Waals surface area contributed by atoms with E-state index in [0.717, 1.165) is 50.6 Å². The Balaban J connectivity index is 0.000000320. The lowest BCUT2D eigenvalue weighted by atomic mass is 10.1. The number of hydrogen-bond donors (Lipinski definition) is 2. The summed E-state index contributed by atoms with van der Waals surface area (Å²) in [4.78, 5) is 63.0. The smallest absolute Gasteiger partial charge is 0.338 e. The Morgan fingerprint density at radius 3 is 1.16 bits per heavy atom. The molecule has 14 heteroatoms. The van der Waals surface area contributed by atoms with E-state index in [1.165, 1.54) is 0 Å². The highest BCUT2D eigenvalue weighted by atomic mass is 16.6. The number of carboxylic acids is 2. The zero-order valence-electron chi connectivity index (χ0n) is 16.3. The number of methoxy groups -OCH3 is 2. The van der Waals surface area contributed by atoms with Gasteiger partial charge in [-0.05, 0) is 12.1 Å². The number of carboxylic acid groups (broad SMARTS) is 2. The SMILES string of the molecule is COC(=O)c1cc(C(=O)O)cc([N+](=O)[O-])c1.COC(=O)c1cc(C(=O)O)cc([N+](=O)[O-])c1. The summed E-state index contributed by atoms with van der Waals surface area (Å²) in [5, 5.41) is 38.4. The van der Waals surface area contributed by atoms with Gasteiger partial charge < -0.3 is 19.7 Å². The van der Waals surface area contributed by atoms with Gasteiger partial charge in [0.05, 0.1) is 46.3 Å². The lowest BCUT2D eigenvalue weighted by Crippen LogP contribution is -2.06. The van der Waals surface area contributed by atoms with Crippen LogP contribution in [0.25, 0.3) is 0 Å². The average molecular weight is 450 g/mol. The Morgan fingerprint density at radius 2 is 0.938 bits per heavy atom. The minimum absolute atomic E-state index is 0.172. The van der Waals surface area contributed by atoms with E-state index in [0.29, 0.717) is 0 Å². The number of benzene rings is 2. The van der Waals surface area contributed by atoms with Gasteiger partial charge in [0, 0.05) is 24.3 Å². The van der Waals surface area contributed by atoms with Gasteiger partial charge in [-0.3, -0.25) is 20.2 Å². The molecule has 0 amide bonds. The molecule has 2 rings (SSSR count). The molecular weight excluding hydrogens is 436 g/mol. The summed E-state index contributed by atoms with van der Waals surface area (Å²) in [5.74, 6) is -4.36. The van der Waals surface area contributed by atoms with E-state index in [2.05, 4.69) is 9.47 Å². The van der Waals surface area contributed by atoms with E-state index >= 15 is 0 Å². The largest absolute Gasteiger partial charge is 0.478 e. The molecule has 0 aromatic heterocycles. The van der Waals surface area contributed by atoms with Crippen LogP contribution in [0.3, 0.4) is 0 Å². The fourth-order valence-electron chi connectivity index (χ4n) is 2.15. The molecule has 0 fully saturated rings. The van der Waals surface area contributed by atoms with Gasteiger partial charge in [-0.1, -0.05) is 0 Å². The first-order valence-electron chi connectivity index (χ1n) is 8.13. The van der Waals surface area contributed by atoms with Crippen LogP contribution in [0.2, 0.25) is 0 Å². The molecule has 0 saturated carbocycles. The Bertz CT molecular complexity index is 957. The van der Waals surface area contributed by atoms with Gasteiger partial charge in [0.1, 0.15) is 0 Å². The van der Waals surface area contributed by atoms with Gasteiger partial charge in [0.2, 0.25) is 0 Å². The van der Waals surface area contributed by atoms with Gasteiger partial charge >= 0.3 is 23.9 Å². The molecule has 0 aliphatic heterocycles. The van der Waals surface area contributed by atoms with Crippen LogP contribution in [0.1, 0.15) is 41.4 Å². The van der Waals surface area contributed by atoms with Crippen LogP contribution in [-0.4, -0.2) is 58.2 Å². The minimum atomic E-state index is -1.35. The van der Waals surface area contributed by atoms with E-state index in [4.69, 9.17) is 10.2 Å². The van der Waals surface area contributed by atoms with Gasteiger partial charge in [-0.25, -0.2) is 19.2 Å². The van der Waals surface area contributed by atoms with Crippen LogP contribution in [-0.2, 0) is 9.47 Å². The Hall–Kier alpha value is -4.88. The van der Waals surface area contributed by atoms with Gasteiger partial charge in [0.25, 0.3) is 11.4 Å². The molecule has 0 aliphatic rings. The van der Waals surface area contributed by atoms with Crippen molar-refractivity contribution in [1.29, 1.82) is 0 Å². The summed E-state index contributed by atoms with van der Waals surface area (Å²) in [6, 6.07) is 5.68. The third kappa shape index (κ3) is 6.58. The molecular formula is C18H14N2O12. The summed E-state index contributed by atoms with van der Waals surface area (Å²) in [5.41, 5.74) is -1.96. The molecule has 0 spiro atoms. The lowest BCUT2D eigenvalue weighted by Gasteiger charge is -2.01. The highest BCUT2D eigenvalue weighted by Crippen LogP contribution is 2.19. The quantitative estimate of drug-likeness (QED) is 0.368. The zero-order valence-corrected chi connectivity index (χ0v) is 16.3. The molecule has 0 unspecified atom stereocenters. The van der Waals surface area contributed by atoms with Crippen LogP contribution in [0.5, 0.6) is 0 Å². The predicted molar refractivity (Wildman–Crippen MR) is 103 cm³/mol. The summed E-state index contributed by atoms with van der Waals surface area (Å²) < 4.78 is 8.70. The molecule has 2 aromatic carbocycles. The van der Waals surface area contributed by atoms with Crippen LogP contribution in [0.4, 0.5) is 11.4 Å². The van der Waals surface area contributed by atoms with Crippen LogP contribution >= 0.6 is 0 Å². The average Bonchev–Trinajstić information content (AvgIpc) is 2.77. The summed E-state index contributed by atoms with van der Waals surface area (Å²) in [6.45, 7) is 0. The zero-order chi connectivity index (χ0) is 24.6. The molecule has 2 aromatic rings. The maximum absolute atomic E-state index is 11.1. The molecule has 14 nitrogen and oxygen atoms in total.